The molecule has 102 valence electrons. The number of hydrogen-bond donors (Lipinski definition) is 1. The summed E-state index contributed by atoms with van der Waals surface area (Å²) in [4.78, 5) is 3.68. The van der Waals surface area contributed by atoms with E-state index in [4.69, 9.17) is 5.26 Å². The van der Waals surface area contributed by atoms with Crippen LogP contribution >= 0.6 is 0 Å². The summed E-state index contributed by atoms with van der Waals surface area (Å²) >= 11 is 0. The maximum Gasteiger partial charge on any atom is 0.261 e. The predicted molar refractivity (Wildman–Crippen MR) is 70.9 cm³/mol. The van der Waals surface area contributed by atoms with E-state index >= 15 is 0 Å². The van der Waals surface area contributed by atoms with E-state index in [-0.39, 0.29) is 10.5 Å². The zero-order chi connectivity index (χ0) is 14.8. The van der Waals surface area contributed by atoms with Crippen LogP contribution in [0.15, 0.2) is 41.6 Å². The van der Waals surface area contributed by atoms with Gasteiger partial charge < -0.3 is 0 Å². The van der Waals surface area contributed by atoms with Gasteiger partial charge in [0.15, 0.2) is 0 Å². The smallest absolute Gasteiger partial charge is 0.261 e. The second-order valence-electron chi connectivity index (χ2n) is 4.05. The Balaban J connectivity index is 2.42. The molecule has 0 bridgehead atoms. The first kappa shape index (κ1) is 14.0. The molecule has 2 rings (SSSR count). The van der Waals surface area contributed by atoms with Crippen LogP contribution in [0.4, 0.5) is 10.1 Å². The van der Waals surface area contributed by atoms with E-state index in [0.29, 0.717) is 11.3 Å². The number of pyridine rings is 1. The van der Waals surface area contributed by atoms with Crippen molar-refractivity contribution in [2.24, 2.45) is 0 Å². The van der Waals surface area contributed by atoms with Gasteiger partial charge in [0.05, 0.1) is 16.1 Å². The van der Waals surface area contributed by atoms with Crippen molar-refractivity contribution in [3.8, 4) is 6.07 Å². The number of aromatic nitrogens is 1. The lowest BCUT2D eigenvalue weighted by atomic mass is 10.2. The Morgan fingerprint density at radius 1 is 1.35 bits per heavy atom. The van der Waals surface area contributed by atoms with Gasteiger partial charge in [-0.2, -0.15) is 5.26 Å². The van der Waals surface area contributed by atoms with Crippen LogP contribution in [0.2, 0.25) is 0 Å². The number of sulfonamides is 1. The fourth-order valence-electron chi connectivity index (χ4n) is 1.55. The molecule has 0 fully saturated rings. The maximum atomic E-state index is 13.2. The first-order valence-corrected chi connectivity index (χ1v) is 7.05. The van der Waals surface area contributed by atoms with Gasteiger partial charge in [0, 0.05) is 12.4 Å². The summed E-state index contributed by atoms with van der Waals surface area (Å²) in [6, 6.07) is 6.17. The molecule has 0 aliphatic rings. The molecular formula is C13H10FN3O2S. The molecule has 1 N–H and O–H groups in total. The number of hydrogen-bond acceptors (Lipinski definition) is 4. The first-order valence-electron chi connectivity index (χ1n) is 5.57. The zero-order valence-electron chi connectivity index (χ0n) is 10.5. The first-order chi connectivity index (χ1) is 9.44. The summed E-state index contributed by atoms with van der Waals surface area (Å²) in [6.45, 7) is 1.70. The third kappa shape index (κ3) is 2.75. The monoisotopic (exact) mass is 291 g/mol. The van der Waals surface area contributed by atoms with Crippen LogP contribution in [0.25, 0.3) is 0 Å². The molecule has 0 aliphatic carbocycles. The summed E-state index contributed by atoms with van der Waals surface area (Å²) in [6.07, 6.45) is 2.97. The third-order valence-electron chi connectivity index (χ3n) is 2.63. The molecule has 1 aromatic carbocycles. The van der Waals surface area contributed by atoms with Gasteiger partial charge >= 0.3 is 0 Å². The number of nitriles is 1. The lowest BCUT2D eigenvalue weighted by Gasteiger charge is -2.10. The zero-order valence-corrected chi connectivity index (χ0v) is 11.3. The molecule has 0 radical (unpaired) electrons. The van der Waals surface area contributed by atoms with E-state index in [1.807, 2.05) is 0 Å². The normalized spacial score (nSPS) is 10.8. The highest BCUT2D eigenvalue weighted by molar-refractivity contribution is 7.92. The van der Waals surface area contributed by atoms with Gasteiger partial charge in [-0.25, -0.2) is 12.8 Å². The van der Waals surface area contributed by atoms with Crippen LogP contribution in [-0.4, -0.2) is 13.4 Å². The molecule has 5 nitrogen and oxygen atoms in total. The highest BCUT2D eigenvalue weighted by Crippen LogP contribution is 2.20. The Morgan fingerprint density at radius 3 is 2.75 bits per heavy atom. The van der Waals surface area contributed by atoms with Gasteiger partial charge in [0.2, 0.25) is 0 Å². The van der Waals surface area contributed by atoms with Gasteiger partial charge in [-0.1, -0.05) is 0 Å². The molecular weight excluding hydrogens is 281 g/mol. The minimum absolute atomic E-state index is 0.174. The van der Waals surface area contributed by atoms with Gasteiger partial charge in [0.25, 0.3) is 10.0 Å². The van der Waals surface area contributed by atoms with E-state index in [1.165, 1.54) is 18.5 Å². The van der Waals surface area contributed by atoms with Crippen molar-refractivity contribution in [3.63, 3.8) is 0 Å². The highest BCUT2D eigenvalue weighted by Gasteiger charge is 2.17. The Labute approximate surface area is 115 Å². The molecule has 2 aromatic rings. The number of nitrogens with one attached hydrogen (secondary N) is 1. The molecule has 0 aliphatic heterocycles. The highest BCUT2D eigenvalue weighted by atomic mass is 32.2. The van der Waals surface area contributed by atoms with Gasteiger partial charge in [-0.15, -0.1) is 0 Å². The summed E-state index contributed by atoms with van der Waals surface area (Å²) < 4.78 is 39.9. The van der Waals surface area contributed by atoms with Crippen LogP contribution in [0.1, 0.15) is 11.1 Å². The summed E-state index contributed by atoms with van der Waals surface area (Å²) in [5.74, 6) is -0.758. The molecule has 1 heterocycles. The standard InChI is InChI=1S/C13H10FN3O2S/c1-9-8-16-5-4-13(9)17-20(18,19)11-2-3-12(14)10(6-11)7-15/h2-6,8H,1H3,(H,16,17). The second-order valence-corrected chi connectivity index (χ2v) is 5.73. The molecule has 0 saturated carbocycles. The van der Waals surface area contributed by atoms with E-state index in [1.54, 1.807) is 13.0 Å². The topological polar surface area (TPSA) is 82.8 Å². The van der Waals surface area contributed by atoms with Gasteiger partial charge in [0.1, 0.15) is 11.9 Å². The summed E-state index contributed by atoms with van der Waals surface area (Å²) in [5.41, 5.74) is 0.709. The number of anilines is 1. The van der Waals surface area contributed by atoms with Crippen LogP contribution < -0.4 is 4.72 Å². The van der Waals surface area contributed by atoms with Gasteiger partial charge in [-0.3, -0.25) is 9.71 Å². The van der Waals surface area contributed by atoms with E-state index in [9.17, 15) is 12.8 Å². The Morgan fingerprint density at radius 2 is 2.10 bits per heavy atom. The van der Waals surface area contributed by atoms with Crippen LogP contribution in [-0.2, 0) is 10.0 Å². The fourth-order valence-corrected chi connectivity index (χ4v) is 2.71. The van der Waals surface area contributed by atoms with E-state index in [2.05, 4.69) is 9.71 Å². The molecule has 7 heteroatoms. The lowest BCUT2D eigenvalue weighted by Crippen LogP contribution is -2.14. The fraction of sp³-hybridized carbons (Fsp3) is 0.0769. The molecule has 20 heavy (non-hydrogen) atoms. The SMILES string of the molecule is Cc1cnccc1NS(=O)(=O)c1ccc(F)c(C#N)c1. The number of nitrogens with zero attached hydrogens (tertiary/aromatic N) is 2. The molecule has 0 amide bonds. The summed E-state index contributed by atoms with van der Waals surface area (Å²) in [7, 11) is -3.88. The van der Waals surface area contributed by atoms with Crippen molar-refractivity contribution < 1.29 is 12.8 Å². The number of benzene rings is 1. The van der Waals surface area contributed by atoms with Crippen molar-refractivity contribution in [3.05, 3.63) is 53.6 Å². The number of rotatable bonds is 3. The Bertz CT molecular complexity index is 798. The largest absolute Gasteiger partial charge is 0.279 e. The van der Waals surface area contributed by atoms with E-state index < -0.39 is 15.8 Å². The Hall–Kier alpha value is -2.46. The van der Waals surface area contributed by atoms with Crippen LogP contribution in [0.5, 0.6) is 0 Å². The minimum atomic E-state index is -3.88. The molecule has 0 atom stereocenters. The van der Waals surface area contributed by atoms with Crippen molar-refractivity contribution in [2.45, 2.75) is 11.8 Å². The van der Waals surface area contributed by atoms with Gasteiger partial charge in [-0.05, 0) is 36.8 Å². The third-order valence-corrected chi connectivity index (χ3v) is 4.00. The average Bonchev–Trinajstić information content (AvgIpc) is 2.41. The number of halogens is 1. The molecule has 0 unspecified atom stereocenters. The van der Waals surface area contributed by atoms with Crippen LogP contribution in [0, 0.1) is 24.1 Å². The van der Waals surface area contributed by atoms with Crippen molar-refractivity contribution in [1.82, 2.24) is 4.98 Å². The quantitative estimate of drug-likeness (QED) is 0.939. The lowest BCUT2D eigenvalue weighted by molar-refractivity contribution is 0.599. The van der Waals surface area contributed by atoms with Crippen molar-refractivity contribution in [1.29, 1.82) is 5.26 Å². The maximum absolute atomic E-state index is 13.2. The Kier molecular flexibility index (Phi) is 3.68. The molecule has 0 saturated heterocycles. The molecule has 1 aromatic heterocycles. The predicted octanol–water partition coefficient (Wildman–Crippen LogP) is 2.20. The van der Waals surface area contributed by atoms with Crippen LogP contribution in [0.3, 0.4) is 0 Å². The second kappa shape index (κ2) is 5.27. The molecule has 0 spiro atoms. The van der Waals surface area contributed by atoms with Crippen molar-refractivity contribution >= 4 is 15.7 Å². The van der Waals surface area contributed by atoms with Crippen molar-refractivity contribution in [2.75, 3.05) is 4.72 Å². The summed E-state index contributed by atoms with van der Waals surface area (Å²) in [5, 5.41) is 8.73. The minimum Gasteiger partial charge on any atom is -0.279 e. The number of aryl methyl sites for hydroxylation is 1. The van der Waals surface area contributed by atoms with E-state index in [0.717, 1.165) is 18.2 Å². The average molecular weight is 291 g/mol.